The average molecular weight is 447 g/mol. The van der Waals surface area contributed by atoms with Crippen LogP contribution in [0.2, 0.25) is 0 Å². The van der Waals surface area contributed by atoms with Crippen molar-refractivity contribution in [1.82, 2.24) is 9.47 Å². The van der Waals surface area contributed by atoms with E-state index in [0.29, 0.717) is 22.8 Å². The minimum Gasteiger partial charge on any atom is -0.497 e. The minimum atomic E-state index is -3.69. The highest BCUT2D eigenvalue weighted by Gasteiger charge is 2.43. The summed E-state index contributed by atoms with van der Waals surface area (Å²) in [5, 5.41) is 0. The van der Waals surface area contributed by atoms with Gasteiger partial charge in [-0.05, 0) is 36.8 Å². The van der Waals surface area contributed by atoms with Crippen LogP contribution in [0.15, 0.2) is 53.7 Å². The zero-order chi connectivity index (χ0) is 22.2. The van der Waals surface area contributed by atoms with Crippen molar-refractivity contribution >= 4 is 17.4 Å². The minimum absolute atomic E-state index is 0.0473. The summed E-state index contributed by atoms with van der Waals surface area (Å²) in [4.78, 5) is 19.7. The summed E-state index contributed by atoms with van der Waals surface area (Å²) < 4.78 is 42.5. The van der Waals surface area contributed by atoms with E-state index in [4.69, 9.17) is 4.74 Å². The Morgan fingerprint density at radius 2 is 2.00 bits per heavy atom. The van der Waals surface area contributed by atoms with Crippen LogP contribution in [0.5, 0.6) is 17.2 Å². The number of benzene rings is 2. The monoisotopic (exact) mass is 447 g/mol. The van der Waals surface area contributed by atoms with Crippen LogP contribution in [-0.4, -0.2) is 36.0 Å². The van der Waals surface area contributed by atoms with Crippen LogP contribution in [0, 0.1) is 6.92 Å². The number of carbonyl (C=O) groups is 1. The van der Waals surface area contributed by atoms with Crippen LogP contribution in [0.3, 0.4) is 0 Å². The van der Waals surface area contributed by atoms with Crippen LogP contribution < -0.4 is 19.0 Å². The molecule has 0 spiro atoms. The third kappa shape index (κ3) is 4.53. The molecule has 0 atom stereocenters. The van der Waals surface area contributed by atoms with E-state index >= 15 is 0 Å². The van der Waals surface area contributed by atoms with E-state index in [1.807, 2.05) is 31.2 Å². The Hall–Kier alpha value is -3.40. The summed E-state index contributed by atoms with van der Waals surface area (Å²) in [5.41, 5.74) is 1.42. The maximum absolute atomic E-state index is 13.3. The first kappa shape index (κ1) is 20.9. The second kappa shape index (κ2) is 8.03. The molecule has 0 unspecified atom stereocenters. The number of thiazole rings is 1. The van der Waals surface area contributed by atoms with E-state index in [1.165, 1.54) is 28.4 Å². The number of nitrogens with zero attached hydrogens (tertiary/aromatic N) is 3. The molecule has 0 saturated heterocycles. The van der Waals surface area contributed by atoms with Gasteiger partial charge in [-0.1, -0.05) is 12.1 Å². The average Bonchev–Trinajstić information content (AvgIpc) is 3.24. The fourth-order valence-corrected chi connectivity index (χ4v) is 3.91. The lowest BCUT2D eigenvalue weighted by atomic mass is 10.2. The number of ether oxygens (including phenoxy) is 3. The van der Waals surface area contributed by atoms with Gasteiger partial charge in [-0.3, -0.25) is 4.57 Å². The molecule has 1 aromatic heterocycles. The number of aryl methyl sites for hydroxylation is 1. The molecule has 0 N–H and O–H groups in total. The van der Waals surface area contributed by atoms with E-state index in [2.05, 4.69) is 14.5 Å². The molecule has 7 nitrogen and oxygen atoms in total. The lowest BCUT2D eigenvalue weighted by molar-refractivity contribution is -0.286. The Morgan fingerprint density at radius 1 is 1.23 bits per heavy atom. The van der Waals surface area contributed by atoms with Crippen molar-refractivity contribution in [3.8, 4) is 22.9 Å². The van der Waals surface area contributed by atoms with Crippen molar-refractivity contribution in [3.05, 3.63) is 63.9 Å². The van der Waals surface area contributed by atoms with E-state index in [-0.39, 0.29) is 11.5 Å². The third-order valence-corrected chi connectivity index (χ3v) is 5.40. The SMILES string of the molecule is COc1cccc(CN(C)C(=O)N=c2sc(C)cn2-c2ccc3c(c2)OC(F)(F)O3)c1. The normalized spacial score (nSPS) is 14.5. The van der Waals surface area contributed by atoms with Gasteiger partial charge in [0.1, 0.15) is 5.75 Å². The van der Waals surface area contributed by atoms with E-state index in [0.717, 1.165) is 10.4 Å². The van der Waals surface area contributed by atoms with Crippen molar-refractivity contribution < 1.29 is 27.8 Å². The van der Waals surface area contributed by atoms with Crippen molar-refractivity contribution in [3.63, 3.8) is 0 Å². The molecule has 0 radical (unpaired) electrons. The number of amides is 2. The highest BCUT2D eigenvalue weighted by atomic mass is 32.1. The molecule has 2 heterocycles. The van der Waals surface area contributed by atoms with E-state index in [9.17, 15) is 13.6 Å². The Morgan fingerprint density at radius 3 is 2.77 bits per heavy atom. The molecule has 0 aliphatic carbocycles. The number of hydrogen-bond acceptors (Lipinski definition) is 5. The van der Waals surface area contributed by atoms with Gasteiger partial charge in [-0.15, -0.1) is 20.1 Å². The van der Waals surface area contributed by atoms with E-state index < -0.39 is 12.3 Å². The molecule has 10 heteroatoms. The predicted molar refractivity (Wildman–Crippen MR) is 110 cm³/mol. The van der Waals surface area contributed by atoms with Crippen LogP contribution >= 0.6 is 11.3 Å². The molecule has 3 aromatic rings. The summed E-state index contributed by atoms with van der Waals surface area (Å²) in [6, 6.07) is 11.4. The standard InChI is InChI=1S/C21H19F2N3O4S/c1-13-11-26(15-7-8-17-18(10-15)30-21(22,23)29-17)20(31-13)24-19(27)25(2)12-14-5-4-6-16(9-14)28-3/h4-11H,12H2,1-3H3. The fraction of sp³-hybridized carbons (Fsp3) is 0.238. The number of urea groups is 1. The molecule has 2 aromatic carbocycles. The number of carbonyl (C=O) groups excluding carboxylic acids is 1. The number of methoxy groups -OCH3 is 1. The zero-order valence-electron chi connectivity index (χ0n) is 17.0. The number of fused-ring (bicyclic) bond motifs is 1. The molecule has 4 rings (SSSR count). The molecule has 0 fully saturated rings. The van der Waals surface area contributed by atoms with Gasteiger partial charge in [-0.2, -0.15) is 4.99 Å². The first-order valence-electron chi connectivity index (χ1n) is 9.26. The maximum Gasteiger partial charge on any atom is 0.586 e. The van der Waals surface area contributed by atoms with Gasteiger partial charge in [0.15, 0.2) is 16.3 Å². The van der Waals surface area contributed by atoms with Gasteiger partial charge >= 0.3 is 12.3 Å². The summed E-state index contributed by atoms with van der Waals surface area (Å²) in [7, 11) is 3.23. The van der Waals surface area contributed by atoms with Crippen molar-refractivity contribution in [2.24, 2.45) is 4.99 Å². The number of rotatable bonds is 4. The second-order valence-corrected chi connectivity index (χ2v) is 8.11. The van der Waals surface area contributed by atoms with Crippen molar-refractivity contribution in [2.75, 3.05) is 14.2 Å². The number of halogens is 2. The lowest BCUT2D eigenvalue weighted by Gasteiger charge is -2.14. The summed E-state index contributed by atoms with van der Waals surface area (Å²) in [6.45, 7) is 2.22. The van der Waals surface area contributed by atoms with Crippen LogP contribution in [0.4, 0.5) is 13.6 Å². The van der Waals surface area contributed by atoms with Gasteiger partial charge in [0.2, 0.25) is 0 Å². The molecular weight excluding hydrogens is 428 g/mol. The van der Waals surface area contributed by atoms with Gasteiger partial charge in [0.05, 0.1) is 12.8 Å². The van der Waals surface area contributed by atoms with Crippen molar-refractivity contribution in [1.29, 1.82) is 0 Å². The van der Waals surface area contributed by atoms with E-state index in [1.54, 1.807) is 31.0 Å². The summed E-state index contributed by atoms with van der Waals surface area (Å²) >= 11 is 1.31. The van der Waals surface area contributed by atoms with Gasteiger partial charge in [-0.25, -0.2) is 4.79 Å². The fourth-order valence-electron chi connectivity index (χ4n) is 3.09. The predicted octanol–water partition coefficient (Wildman–Crippen LogP) is 4.33. The largest absolute Gasteiger partial charge is 0.586 e. The van der Waals surface area contributed by atoms with Crippen LogP contribution in [0.1, 0.15) is 10.4 Å². The Labute approximate surface area is 180 Å². The molecule has 0 bridgehead atoms. The Kier molecular flexibility index (Phi) is 5.40. The van der Waals surface area contributed by atoms with Gasteiger partial charge < -0.3 is 19.1 Å². The van der Waals surface area contributed by atoms with Crippen LogP contribution in [0.25, 0.3) is 5.69 Å². The number of hydrogen-bond donors (Lipinski definition) is 0. The van der Waals surface area contributed by atoms with Crippen LogP contribution in [-0.2, 0) is 6.54 Å². The summed E-state index contributed by atoms with van der Waals surface area (Å²) in [6.07, 6.45) is -1.92. The number of alkyl halides is 2. The first-order valence-corrected chi connectivity index (χ1v) is 10.1. The smallest absolute Gasteiger partial charge is 0.497 e. The lowest BCUT2D eigenvalue weighted by Crippen LogP contribution is -2.26. The highest BCUT2D eigenvalue weighted by molar-refractivity contribution is 7.09. The molecule has 1 aliphatic rings. The summed E-state index contributed by atoms with van der Waals surface area (Å²) in [5.74, 6) is 0.579. The van der Waals surface area contributed by atoms with Crippen molar-refractivity contribution in [2.45, 2.75) is 19.8 Å². The molecular formula is C21H19F2N3O4S. The molecule has 1 aliphatic heterocycles. The zero-order valence-corrected chi connectivity index (χ0v) is 17.8. The third-order valence-electron chi connectivity index (χ3n) is 4.50. The molecule has 0 saturated carbocycles. The molecule has 2 amide bonds. The topological polar surface area (TPSA) is 65.3 Å². The molecule has 31 heavy (non-hydrogen) atoms. The quantitative estimate of drug-likeness (QED) is 0.597. The maximum atomic E-state index is 13.3. The Bertz CT molecular complexity index is 1210. The highest BCUT2D eigenvalue weighted by Crippen LogP contribution is 2.41. The molecule has 162 valence electrons. The number of aromatic nitrogens is 1. The van der Waals surface area contributed by atoms with Gasteiger partial charge in [0.25, 0.3) is 0 Å². The first-order chi connectivity index (χ1) is 14.7. The second-order valence-electron chi connectivity index (χ2n) is 6.89. The Balaban J connectivity index is 1.60. The van der Waals surface area contributed by atoms with Gasteiger partial charge in [0, 0.05) is 30.7 Å².